The van der Waals surface area contributed by atoms with Crippen LogP contribution in [0.25, 0.3) is 0 Å². The smallest absolute Gasteiger partial charge is 0.373 e. The largest absolute Gasteiger partial charge is 0.417 e. The third-order valence-corrected chi connectivity index (χ3v) is 3.55. The van der Waals surface area contributed by atoms with Crippen LogP contribution >= 0.6 is 15.9 Å². The lowest BCUT2D eigenvalue weighted by atomic mass is 10.2. The van der Waals surface area contributed by atoms with E-state index in [9.17, 15) is 13.2 Å². The highest BCUT2D eigenvalue weighted by Crippen LogP contribution is 2.37. The fourth-order valence-electron chi connectivity index (χ4n) is 1.79. The summed E-state index contributed by atoms with van der Waals surface area (Å²) in [5.74, 6) is 1.06. The highest BCUT2D eigenvalue weighted by atomic mass is 79.9. The van der Waals surface area contributed by atoms with Crippen molar-refractivity contribution in [2.24, 2.45) is 0 Å². The molecule has 0 unspecified atom stereocenters. The first-order chi connectivity index (χ1) is 9.82. The number of benzene rings is 1. The highest BCUT2D eigenvalue weighted by Gasteiger charge is 2.33. The van der Waals surface area contributed by atoms with Crippen LogP contribution in [0.2, 0.25) is 0 Å². The molecule has 0 aliphatic carbocycles. The van der Waals surface area contributed by atoms with Gasteiger partial charge in [-0.1, -0.05) is 15.9 Å². The van der Waals surface area contributed by atoms with Gasteiger partial charge in [-0.25, -0.2) is 9.97 Å². The van der Waals surface area contributed by atoms with Crippen LogP contribution in [-0.4, -0.2) is 17.0 Å². The lowest BCUT2D eigenvalue weighted by molar-refractivity contribution is -0.138. The second kappa shape index (κ2) is 5.88. The quantitative estimate of drug-likeness (QED) is 0.854. The molecule has 2 rings (SSSR count). The van der Waals surface area contributed by atoms with Crippen molar-refractivity contribution in [3.8, 4) is 0 Å². The van der Waals surface area contributed by atoms with E-state index in [2.05, 4.69) is 36.5 Å². The predicted molar refractivity (Wildman–Crippen MR) is 78.7 cm³/mol. The zero-order valence-corrected chi connectivity index (χ0v) is 12.8. The van der Waals surface area contributed by atoms with Crippen molar-refractivity contribution in [2.75, 3.05) is 17.7 Å². The van der Waals surface area contributed by atoms with Gasteiger partial charge in [0, 0.05) is 22.8 Å². The van der Waals surface area contributed by atoms with E-state index in [0.29, 0.717) is 17.3 Å². The van der Waals surface area contributed by atoms with Gasteiger partial charge in [0.25, 0.3) is 0 Å². The molecule has 0 atom stereocenters. The molecule has 0 aliphatic rings. The van der Waals surface area contributed by atoms with Gasteiger partial charge >= 0.3 is 6.18 Å². The van der Waals surface area contributed by atoms with E-state index >= 15 is 0 Å². The van der Waals surface area contributed by atoms with Gasteiger partial charge in [0.05, 0.1) is 5.56 Å². The van der Waals surface area contributed by atoms with Gasteiger partial charge in [0.15, 0.2) is 0 Å². The third-order valence-electron chi connectivity index (χ3n) is 2.86. The minimum Gasteiger partial charge on any atom is -0.373 e. The molecule has 2 aromatic rings. The molecule has 0 fully saturated rings. The Morgan fingerprint density at radius 3 is 2.43 bits per heavy atom. The van der Waals surface area contributed by atoms with Crippen molar-refractivity contribution in [2.45, 2.75) is 13.1 Å². The summed E-state index contributed by atoms with van der Waals surface area (Å²) < 4.78 is 38.6. The number of anilines is 3. The van der Waals surface area contributed by atoms with E-state index in [1.807, 2.05) is 0 Å². The zero-order valence-electron chi connectivity index (χ0n) is 11.2. The van der Waals surface area contributed by atoms with Crippen LogP contribution in [-0.2, 0) is 6.18 Å². The van der Waals surface area contributed by atoms with Gasteiger partial charge < -0.3 is 10.6 Å². The summed E-state index contributed by atoms with van der Waals surface area (Å²) in [5.41, 5.74) is 0.277. The van der Waals surface area contributed by atoms with Crippen molar-refractivity contribution >= 4 is 33.3 Å². The molecule has 0 radical (unpaired) electrons. The highest BCUT2D eigenvalue weighted by molar-refractivity contribution is 9.10. The number of hydrogen-bond donors (Lipinski definition) is 2. The average molecular weight is 361 g/mol. The van der Waals surface area contributed by atoms with Gasteiger partial charge in [-0.2, -0.15) is 13.2 Å². The minimum absolute atomic E-state index is 0.00382. The number of nitrogens with zero attached hydrogens (tertiary/aromatic N) is 2. The molecule has 2 N–H and O–H groups in total. The molecule has 21 heavy (non-hydrogen) atoms. The molecule has 8 heteroatoms. The first-order valence-electron chi connectivity index (χ1n) is 5.96. The van der Waals surface area contributed by atoms with Crippen molar-refractivity contribution in [1.82, 2.24) is 9.97 Å². The number of alkyl halides is 3. The second-order valence-corrected chi connectivity index (χ2v) is 5.12. The fraction of sp³-hybridized carbons (Fsp3) is 0.231. The average Bonchev–Trinajstić information content (AvgIpc) is 2.42. The lowest BCUT2D eigenvalue weighted by Gasteiger charge is -2.14. The summed E-state index contributed by atoms with van der Waals surface area (Å²) in [5, 5.41) is 5.76. The van der Waals surface area contributed by atoms with E-state index in [1.165, 1.54) is 12.4 Å². The molecule has 1 aromatic heterocycles. The van der Waals surface area contributed by atoms with Crippen LogP contribution in [0.4, 0.5) is 30.5 Å². The molecular weight excluding hydrogens is 349 g/mol. The van der Waals surface area contributed by atoms with E-state index in [-0.39, 0.29) is 4.47 Å². The van der Waals surface area contributed by atoms with Gasteiger partial charge in [0.1, 0.15) is 18.0 Å². The Morgan fingerprint density at radius 2 is 1.81 bits per heavy atom. The first-order valence-corrected chi connectivity index (χ1v) is 6.75. The summed E-state index contributed by atoms with van der Waals surface area (Å²) in [6.45, 7) is 1.78. The van der Waals surface area contributed by atoms with Gasteiger partial charge in [-0.15, -0.1) is 0 Å². The maximum absolute atomic E-state index is 12.9. The monoisotopic (exact) mass is 360 g/mol. The molecule has 0 bridgehead atoms. The molecule has 112 valence electrons. The van der Waals surface area contributed by atoms with Crippen molar-refractivity contribution < 1.29 is 13.2 Å². The van der Waals surface area contributed by atoms with Crippen LogP contribution in [0, 0.1) is 6.92 Å². The van der Waals surface area contributed by atoms with E-state index in [1.54, 1.807) is 20.0 Å². The van der Waals surface area contributed by atoms with Crippen LogP contribution in [0.1, 0.15) is 11.1 Å². The third kappa shape index (κ3) is 3.44. The lowest BCUT2D eigenvalue weighted by Crippen LogP contribution is -2.07. The topological polar surface area (TPSA) is 49.8 Å². The van der Waals surface area contributed by atoms with Crippen LogP contribution < -0.4 is 10.6 Å². The molecule has 4 nitrogen and oxygen atoms in total. The summed E-state index contributed by atoms with van der Waals surface area (Å²) >= 11 is 2.91. The van der Waals surface area contributed by atoms with E-state index < -0.39 is 11.7 Å². The van der Waals surface area contributed by atoms with Crippen molar-refractivity contribution in [1.29, 1.82) is 0 Å². The molecule has 0 spiro atoms. The number of hydrogen-bond acceptors (Lipinski definition) is 4. The summed E-state index contributed by atoms with van der Waals surface area (Å²) in [7, 11) is 1.71. The Bertz CT molecular complexity index is 658. The maximum atomic E-state index is 12.9. The molecule has 0 saturated carbocycles. The molecule has 1 aromatic carbocycles. The fourth-order valence-corrected chi connectivity index (χ4v) is 2.26. The number of nitrogens with one attached hydrogen (secondary N) is 2. The summed E-state index contributed by atoms with van der Waals surface area (Å²) in [4.78, 5) is 8.06. The summed E-state index contributed by atoms with van der Waals surface area (Å²) in [6, 6.07) is 3.92. The number of rotatable bonds is 3. The van der Waals surface area contributed by atoms with Crippen molar-refractivity contribution in [3.63, 3.8) is 0 Å². The Labute approximate surface area is 127 Å². The SMILES string of the molecule is CNc1ncnc(Nc2ccc(Br)c(C(F)(F)F)c2)c1C. The molecular formula is C13H12BrF3N4. The van der Waals surface area contributed by atoms with Crippen molar-refractivity contribution in [3.05, 3.63) is 40.1 Å². The number of aromatic nitrogens is 2. The van der Waals surface area contributed by atoms with Crippen LogP contribution in [0.3, 0.4) is 0 Å². The van der Waals surface area contributed by atoms with E-state index in [4.69, 9.17) is 0 Å². The molecule has 0 aliphatic heterocycles. The normalized spacial score (nSPS) is 11.3. The Hall–Kier alpha value is -1.83. The summed E-state index contributed by atoms with van der Waals surface area (Å²) in [6.07, 6.45) is -3.09. The molecule has 0 saturated heterocycles. The Morgan fingerprint density at radius 1 is 1.14 bits per heavy atom. The zero-order chi connectivity index (χ0) is 15.6. The first kappa shape index (κ1) is 15.6. The Kier molecular flexibility index (Phi) is 4.36. The maximum Gasteiger partial charge on any atom is 0.417 e. The molecule has 0 amide bonds. The Balaban J connectivity index is 2.37. The standard InChI is InChI=1S/C13H12BrF3N4/c1-7-11(18-2)19-6-20-12(7)21-8-3-4-10(14)9(5-8)13(15,16)17/h3-6H,1-2H3,(H2,18,19,20,21). The second-order valence-electron chi connectivity index (χ2n) is 4.26. The van der Waals surface area contributed by atoms with Gasteiger partial charge in [-0.05, 0) is 25.1 Å². The predicted octanol–water partition coefficient (Wildman–Crippen LogP) is 4.35. The molecule has 1 heterocycles. The number of halogens is 4. The van der Waals surface area contributed by atoms with Gasteiger partial charge in [0.2, 0.25) is 0 Å². The van der Waals surface area contributed by atoms with Crippen LogP contribution in [0.15, 0.2) is 29.0 Å². The van der Waals surface area contributed by atoms with Gasteiger partial charge in [-0.3, -0.25) is 0 Å². The minimum atomic E-state index is -4.42. The van der Waals surface area contributed by atoms with E-state index in [0.717, 1.165) is 11.6 Å². The van der Waals surface area contributed by atoms with Crippen LogP contribution in [0.5, 0.6) is 0 Å².